The van der Waals surface area contributed by atoms with Crippen LogP contribution in [-0.4, -0.2) is 28.9 Å². The van der Waals surface area contributed by atoms with Gasteiger partial charge in [0.15, 0.2) is 0 Å². The summed E-state index contributed by atoms with van der Waals surface area (Å²) in [6, 6.07) is -0.353. The summed E-state index contributed by atoms with van der Waals surface area (Å²) in [6.45, 7) is 1.83. The first-order chi connectivity index (χ1) is 6.11. The lowest BCUT2D eigenvalue weighted by molar-refractivity contribution is -0.142. The second-order valence-electron chi connectivity index (χ2n) is 3.66. The Bertz CT molecular complexity index is 277. The molecule has 1 saturated carbocycles. The summed E-state index contributed by atoms with van der Waals surface area (Å²) < 4.78 is 0. The van der Waals surface area contributed by atoms with Gasteiger partial charge in [0.05, 0.1) is 17.5 Å². The highest BCUT2D eigenvalue weighted by Gasteiger charge is 2.50. The van der Waals surface area contributed by atoms with Crippen molar-refractivity contribution >= 4 is 11.7 Å². The topological polar surface area (TPSA) is 84.9 Å². The third kappa shape index (κ3) is 1.11. The average molecular weight is 184 g/mol. The molecule has 72 valence electrons. The monoisotopic (exact) mass is 184 g/mol. The molecule has 4 unspecified atom stereocenters. The number of nitrogens with two attached hydrogens (primary N) is 1. The quantitative estimate of drug-likeness (QED) is 0.591. The predicted molar refractivity (Wildman–Crippen MR) is 45.2 cm³/mol. The standard InChI is InChI=1S/C8H12N2O3/c1-3-6-5(13-10-3)2-4(7(6)9)8(11)12/h4-7H,2,9H2,1H3,(H,11,12). The van der Waals surface area contributed by atoms with Crippen molar-refractivity contribution in [1.82, 2.24) is 0 Å². The number of hydrogen-bond acceptors (Lipinski definition) is 4. The molecule has 5 nitrogen and oxygen atoms in total. The molecule has 5 heteroatoms. The predicted octanol–water partition coefficient (Wildman–Crippen LogP) is -0.191. The summed E-state index contributed by atoms with van der Waals surface area (Å²) in [5.41, 5.74) is 6.63. The Labute approximate surface area is 75.5 Å². The lowest BCUT2D eigenvalue weighted by Gasteiger charge is -2.14. The summed E-state index contributed by atoms with van der Waals surface area (Å²) in [4.78, 5) is 15.9. The molecule has 1 fully saturated rings. The van der Waals surface area contributed by atoms with Crippen LogP contribution in [0.25, 0.3) is 0 Å². The second-order valence-corrected chi connectivity index (χ2v) is 3.66. The van der Waals surface area contributed by atoms with Gasteiger partial charge in [-0.25, -0.2) is 0 Å². The van der Waals surface area contributed by atoms with Crippen LogP contribution in [0.2, 0.25) is 0 Å². The number of aliphatic carboxylic acids is 1. The number of hydrogen-bond donors (Lipinski definition) is 2. The van der Waals surface area contributed by atoms with Gasteiger partial charge in [0.1, 0.15) is 6.10 Å². The van der Waals surface area contributed by atoms with Crippen molar-refractivity contribution in [3.8, 4) is 0 Å². The van der Waals surface area contributed by atoms with Gasteiger partial charge < -0.3 is 15.7 Å². The smallest absolute Gasteiger partial charge is 0.308 e. The van der Waals surface area contributed by atoms with E-state index in [-0.39, 0.29) is 18.1 Å². The average Bonchev–Trinajstić information content (AvgIpc) is 2.55. The zero-order valence-electron chi connectivity index (χ0n) is 7.30. The number of rotatable bonds is 1. The zero-order valence-corrected chi connectivity index (χ0v) is 7.30. The molecule has 1 aliphatic heterocycles. The Morgan fingerprint density at radius 3 is 3.00 bits per heavy atom. The van der Waals surface area contributed by atoms with Crippen LogP contribution in [0.1, 0.15) is 13.3 Å². The van der Waals surface area contributed by atoms with E-state index in [4.69, 9.17) is 15.7 Å². The third-order valence-electron chi connectivity index (χ3n) is 2.90. The highest BCUT2D eigenvalue weighted by Crippen LogP contribution is 2.37. The summed E-state index contributed by atoms with van der Waals surface area (Å²) in [6.07, 6.45) is 0.359. The molecule has 2 aliphatic rings. The number of oxime groups is 1. The van der Waals surface area contributed by atoms with Crippen LogP contribution in [0.15, 0.2) is 5.16 Å². The molecule has 0 amide bonds. The Morgan fingerprint density at radius 2 is 2.46 bits per heavy atom. The minimum atomic E-state index is -0.835. The molecule has 0 saturated heterocycles. The molecule has 1 aliphatic carbocycles. The third-order valence-corrected chi connectivity index (χ3v) is 2.90. The van der Waals surface area contributed by atoms with Crippen molar-refractivity contribution in [2.45, 2.75) is 25.5 Å². The lowest BCUT2D eigenvalue weighted by atomic mass is 9.95. The fraction of sp³-hybridized carbons (Fsp3) is 0.750. The molecule has 0 aromatic carbocycles. The number of carboxylic acid groups (broad SMARTS) is 1. The molecule has 0 bridgehead atoms. The maximum atomic E-state index is 10.8. The largest absolute Gasteiger partial charge is 0.481 e. The van der Waals surface area contributed by atoms with Crippen molar-refractivity contribution in [1.29, 1.82) is 0 Å². The molecular formula is C8H12N2O3. The van der Waals surface area contributed by atoms with Crippen LogP contribution in [0.3, 0.4) is 0 Å². The van der Waals surface area contributed by atoms with E-state index in [1.807, 2.05) is 6.92 Å². The number of fused-ring (bicyclic) bond motifs is 1. The summed E-state index contributed by atoms with van der Waals surface area (Å²) >= 11 is 0. The maximum absolute atomic E-state index is 10.8. The van der Waals surface area contributed by atoms with Gasteiger partial charge in [0.25, 0.3) is 0 Å². The van der Waals surface area contributed by atoms with Crippen molar-refractivity contribution in [2.75, 3.05) is 0 Å². The van der Waals surface area contributed by atoms with Gasteiger partial charge in [-0.15, -0.1) is 0 Å². The lowest BCUT2D eigenvalue weighted by Crippen LogP contribution is -2.38. The van der Waals surface area contributed by atoms with Gasteiger partial charge in [-0.05, 0) is 6.92 Å². The Balaban J connectivity index is 2.19. The fourth-order valence-corrected chi connectivity index (χ4v) is 2.19. The molecule has 1 heterocycles. The van der Waals surface area contributed by atoms with Crippen LogP contribution in [0, 0.1) is 11.8 Å². The van der Waals surface area contributed by atoms with Gasteiger partial charge in [0.2, 0.25) is 0 Å². The van der Waals surface area contributed by atoms with Crippen molar-refractivity contribution < 1.29 is 14.7 Å². The Hall–Kier alpha value is -1.10. The van der Waals surface area contributed by atoms with E-state index in [9.17, 15) is 4.79 Å². The molecule has 0 radical (unpaired) electrons. The summed E-state index contributed by atoms with van der Waals surface area (Å²) in [5, 5.41) is 12.7. The zero-order chi connectivity index (χ0) is 9.59. The van der Waals surface area contributed by atoms with Gasteiger partial charge in [-0.2, -0.15) is 0 Å². The SMILES string of the molecule is CC1=NOC2CC(C(=O)O)C(N)C12. The van der Waals surface area contributed by atoms with E-state index in [0.717, 1.165) is 5.71 Å². The Kier molecular flexibility index (Phi) is 1.76. The molecule has 0 spiro atoms. The molecule has 2 rings (SSSR count). The summed E-state index contributed by atoms with van der Waals surface area (Å²) in [7, 11) is 0. The van der Waals surface area contributed by atoms with Crippen LogP contribution in [0.5, 0.6) is 0 Å². The molecule has 3 N–H and O–H groups in total. The first kappa shape index (κ1) is 8.50. The van der Waals surface area contributed by atoms with Gasteiger partial charge in [0, 0.05) is 12.5 Å². The first-order valence-corrected chi connectivity index (χ1v) is 4.30. The maximum Gasteiger partial charge on any atom is 0.308 e. The van der Waals surface area contributed by atoms with Gasteiger partial charge in [-0.1, -0.05) is 5.16 Å². The molecule has 0 aromatic heterocycles. The minimum Gasteiger partial charge on any atom is -0.481 e. The van der Waals surface area contributed by atoms with Crippen molar-refractivity contribution in [3.63, 3.8) is 0 Å². The highest BCUT2D eigenvalue weighted by atomic mass is 16.6. The Morgan fingerprint density at radius 1 is 1.77 bits per heavy atom. The number of nitrogens with zero attached hydrogens (tertiary/aromatic N) is 1. The molecule has 0 aromatic rings. The summed E-state index contributed by atoms with van der Waals surface area (Å²) in [5.74, 6) is -1.32. The number of carboxylic acids is 1. The first-order valence-electron chi connectivity index (χ1n) is 4.30. The molecule has 13 heavy (non-hydrogen) atoms. The normalized spacial score (nSPS) is 42.5. The van der Waals surface area contributed by atoms with Crippen LogP contribution in [0.4, 0.5) is 0 Å². The van der Waals surface area contributed by atoms with Crippen LogP contribution < -0.4 is 5.73 Å². The van der Waals surface area contributed by atoms with Crippen molar-refractivity contribution in [3.05, 3.63) is 0 Å². The van der Waals surface area contributed by atoms with E-state index in [1.165, 1.54) is 0 Å². The van der Waals surface area contributed by atoms with E-state index in [0.29, 0.717) is 6.42 Å². The van der Waals surface area contributed by atoms with E-state index >= 15 is 0 Å². The number of carbonyl (C=O) groups is 1. The van der Waals surface area contributed by atoms with E-state index in [2.05, 4.69) is 5.16 Å². The van der Waals surface area contributed by atoms with Gasteiger partial charge >= 0.3 is 5.97 Å². The van der Waals surface area contributed by atoms with Gasteiger partial charge in [-0.3, -0.25) is 4.79 Å². The van der Waals surface area contributed by atoms with Crippen LogP contribution >= 0.6 is 0 Å². The van der Waals surface area contributed by atoms with Crippen LogP contribution in [-0.2, 0) is 9.63 Å². The van der Waals surface area contributed by atoms with E-state index in [1.54, 1.807) is 0 Å². The molecular weight excluding hydrogens is 172 g/mol. The second kappa shape index (κ2) is 2.70. The fourth-order valence-electron chi connectivity index (χ4n) is 2.19. The van der Waals surface area contributed by atoms with Crippen molar-refractivity contribution in [2.24, 2.45) is 22.7 Å². The minimum absolute atomic E-state index is 0.00102. The molecule has 4 atom stereocenters. The van der Waals surface area contributed by atoms with E-state index < -0.39 is 11.9 Å². The highest BCUT2D eigenvalue weighted by molar-refractivity contribution is 5.88.